The van der Waals surface area contributed by atoms with Gasteiger partial charge in [0.1, 0.15) is 0 Å². The van der Waals surface area contributed by atoms with Crippen LogP contribution in [0.15, 0.2) is 53.3 Å². The summed E-state index contributed by atoms with van der Waals surface area (Å²) in [5.74, 6) is 0.481. The number of hydrogen-bond acceptors (Lipinski definition) is 2. The van der Waals surface area contributed by atoms with Gasteiger partial charge in [-0.2, -0.15) is 4.68 Å². The monoisotopic (exact) mass is 338 g/mol. The highest BCUT2D eigenvalue weighted by Gasteiger charge is 2.16. The van der Waals surface area contributed by atoms with E-state index >= 15 is 0 Å². The molecule has 5 nitrogen and oxygen atoms in total. The number of hydrogen-bond donors (Lipinski definition) is 2. The molecular weight excluding hydrogens is 324 g/mol. The van der Waals surface area contributed by atoms with Crippen LogP contribution >= 0.6 is 11.6 Å². The normalized spacial score (nSPS) is 11.2. The molecule has 0 spiro atoms. The van der Waals surface area contributed by atoms with Crippen molar-refractivity contribution in [1.29, 1.82) is 0 Å². The summed E-state index contributed by atoms with van der Waals surface area (Å²) in [7, 11) is 0. The molecule has 0 aliphatic rings. The van der Waals surface area contributed by atoms with E-state index in [9.17, 15) is 4.79 Å². The number of fused-ring (bicyclic) bond motifs is 1. The average Bonchev–Trinajstić information content (AvgIpc) is 3.12. The highest BCUT2D eigenvalue weighted by Crippen LogP contribution is 2.19. The SMILES string of the molecule is Cc1[nH]n(-c2nc3ccccc3[nH]2)c(=O)c1Cc1ccccc1Cl. The van der Waals surface area contributed by atoms with Gasteiger partial charge in [0.05, 0.1) is 11.0 Å². The minimum atomic E-state index is -0.119. The summed E-state index contributed by atoms with van der Waals surface area (Å²) in [5, 5.41) is 3.76. The Labute approximate surface area is 142 Å². The molecule has 0 fully saturated rings. The molecule has 0 radical (unpaired) electrons. The first-order valence-electron chi connectivity index (χ1n) is 7.62. The molecule has 2 aromatic carbocycles. The molecule has 4 aromatic rings. The number of aryl methyl sites for hydroxylation is 1. The van der Waals surface area contributed by atoms with Crippen molar-refractivity contribution in [2.24, 2.45) is 0 Å². The summed E-state index contributed by atoms with van der Waals surface area (Å²) in [6.07, 6.45) is 0.480. The molecule has 0 amide bonds. The minimum absolute atomic E-state index is 0.119. The van der Waals surface area contributed by atoms with Crippen molar-refractivity contribution in [1.82, 2.24) is 19.7 Å². The highest BCUT2D eigenvalue weighted by atomic mass is 35.5. The van der Waals surface area contributed by atoms with E-state index in [2.05, 4.69) is 15.1 Å². The maximum Gasteiger partial charge on any atom is 0.277 e. The van der Waals surface area contributed by atoms with Crippen LogP contribution in [0.4, 0.5) is 0 Å². The number of halogens is 1. The molecule has 6 heteroatoms. The van der Waals surface area contributed by atoms with Crippen molar-refractivity contribution < 1.29 is 0 Å². The molecule has 120 valence electrons. The predicted molar refractivity (Wildman–Crippen MR) is 95.0 cm³/mol. The number of rotatable bonds is 3. The number of benzene rings is 2. The largest absolute Gasteiger partial charge is 0.322 e. The Kier molecular flexibility index (Phi) is 3.50. The molecule has 2 heterocycles. The summed E-state index contributed by atoms with van der Waals surface area (Å²) >= 11 is 6.22. The second kappa shape index (κ2) is 5.69. The van der Waals surface area contributed by atoms with E-state index < -0.39 is 0 Å². The van der Waals surface area contributed by atoms with Crippen LogP contribution in [0, 0.1) is 6.92 Å². The van der Waals surface area contributed by atoms with E-state index in [-0.39, 0.29) is 5.56 Å². The Morgan fingerprint density at radius 3 is 2.67 bits per heavy atom. The maximum absolute atomic E-state index is 12.8. The van der Waals surface area contributed by atoms with Gasteiger partial charge >= 0.3 is 0 Å². The fourth-order valence-corrected chi connectivity index (χ4v) is 3.02. The number of H-pyrrole nitrogens is 2. The van der Waals surface area contributed by atoms with Crippen molar-refractivity contribution in [3.8, 4) is 5.95 Å². The van der Waals surface area contributed by atoms with Crippen molar-refractivity contribution in [2.45, 2.75) is 13.3 Å². The van der Waals surface area contributed by atoms with Crippen LogP contribution < -0.4 is 5.56 Å². The lowest BCUT2D eigenvalue weighted by Gasteiger charge is -2.01. The van der Waals surface area contributed by atoms with Crippen LogP contribution in [0.2, 0.25) is 5.02 Å². The zero-order valence-electron chi connectivity index (χ0n) is 13.0. The fraction of sp³-hybridized carbons (Fsp3) is 0.111. The Morgan fingerprint density at radius 2 is 1.88 bits per heavy atom. The number of aromatic nitrogens is 4. The first-order valence-corrected chi connectivity index (χ1v) is 8.00. The van der Waals surface area contributed by atoms with Gasteiger partial charge in [0.15, 0.2) is 0 Å². The minimum Gasteiger partial charge on any atom is -0.322 e. The first kappa shape index (κ1) is 14.8. The van der Waals surface area contributed by atoms with E-state index in [4.69, 9.17) is 11.6 Å². The van der Waals surface area contributed by atoms with E-state index in [1.165, 1.54) is 4.68 Å². The van der Waals surface area contributed by atoms with Gasteiger partial charge < -0.3 is 4.98 Å². The van der Waals surface area contributed by atoms with Gasteiger partial charge in [-0.25, -0.2) is 4.98 Å². The number of nitrogens with zero attached hydrogens (tertiary/aromatic N) is 2. The summed E-state index contributed by atoms with van der Waals surface area (Å²) < 4.78 is 1.45. The quantitative estimate of drug-likeness (QED) is 0.599. The molecule has 0 aliphatic heterocycles. The fourth-order valence-electron chi connectivity index (χ4n) is 2.82. The van der Waals surface area contributed by atoms with E-state index in [1.807, 2.05) is 55.5 Å². The standard InChI is InChI=1S/C18H15ClN4O/c1-11-13(10-12-6-2-3-7-14(12)19)17(24)23(22-11)18-20-15-8-4-5-9-16(15)21-18/h2-9,22H,10H2,1H3,(H,20,21). The maximum atomic E-state index is 12.8. The Balaban J connectivity index is 1.79. The van der Waals surface area contributed by atoms with Crippen LogP contribution in [0.3, 0.4) is 0 Å². The van der Waals surface area contributed by atoms with E-state index in [0.717, 1.165) is 22.3 Å². The highest BCUT2D eigenvalue weighted by molar-refractivity contribution is 6.31. The molecule has 24 heavy (non-hydrogen) atoms. The van der Waals surface area contributed by atoms with Gasteiger partial charge in [0.2, 0.25) is 5.95 Å². The zero-order valence-corrected chi connectivity index (χ0v) is 13.8. The number of aromatic amines is 2. The molecule has 0 unspecified atom stereocenters. The van der Waals surface area contributed by atoms with Crippen molar-refractivity contribution >= 4 is 22.6 Å². The molecule has 2 aromatic heterocycles. The van der Waals surface area contributed by atoms with Gasteiger partial charge in [0, 0.05) is 22.7 Å². The Morgan fingerprint density at radius 1 is 1.12 bits per heavy atom. The molecule has 2 N–H and O–H groups in total. The smallest absolute Gasteiger partial charge is 0.277 e. The summed E-state index contributed by atoms with van der Waals surface area (Å²) in [4.78, 5) is 20.4. The third-order valence-electron chi connectivity index (χ3n) is 4.11. The lowest BCUT2D eigenvalue weighted by molar-refractivity contribution is 0.790. The van der Waals surface area contributed by atoms with Crippen molar-refractivity contribution in [3.63, 3.8) is 0 Å². The molecule has 0 atom stereocenters. The Bertz CT molecular complexity index is 1060. The molecule has 4 rings (SSSR count). The van der Waals surface area contributed by atoms with E-state index in [1.54, 1.807) is 0 Å². The van der Waals surface area contributed by atoms with Gasteiger partial charge in [0.25, 0.3) is 5.56 Å². The number of nitrogens with one attached hydrogen (secondary N) is 2. The third kappa shape index (κ3) is 2.43. The second-order valence-corrected chi connectivity index (χ2v) is 6.11. The zero-order chi connectivity index (χ0) is 16.7. The summed E-state index contributed by atoms with van der Waals surface area (Å²) in [6, 6.07) is 15.2. The number of imidazole rings is 1. The second-order valence-electron chi connectivity index (χ2n) is 5.70. The molecule has 0 bridgehead atoms. The third-order valence-corrected chi connectivity index (χ3v) is 4.48. The summed E-state index contributed by atoms with van der Waals surface area (Å²) in [5.41, 5.74) is 4.00. The van der Waals surface area contributed by atoms with Crippen LogP contribution in [-0.2, 0) is 6.42 Å². The van der Waals surface area contributed by atoms with Gasteiger partial charge in [-0.3, -0.25) is 9.89 Å². The van der Waals surface area contributed by atoms with Gasteiger partial charge in [-0.05, 0) is 30.7 Å². The van der Waals surface area contributed by atoms with Gasteiger partial charge in [-0.1, -0.05) is 41.9 Å². The van der Waals surface area contributed by atoms with Crippen molar-refractivity contribution in [2.75, 3.05) is 0 Å². The van der Waals surface area contributed by atoms with Crippen LogP contribution in [-0.4, -0.2) is 19.7 Å². The van der Waals surface area contributed by atoms with E-state index in [0.29, 0.717) is 23.0 Å². The molecule has 0 saturated carbocycles. The molecule has 0 aliphatic carbocycles. The lowest BCUT2D eigenvalue weighted by atomic mass is 10.1. The lowest BCUT2D eigenvalue weighted by Crippen LogP contribution is -2.18. The van der Waals surface area contributed by atoms with Crippen LogP contribution in [0.5, 0.6) is 0 Å². The molecular formula is C18H15ClN4O. The van der Waals surface area contributed by atoms with Crippen LogP contribution in [0.1, 0.15) is 16.8 Å². The van der Waals surface area contributed by atoms with Gasteiger partial charge in [-0.15, -0.1) is 0 Å². The summed E-state index contributed by atoms with van der Waals surface area (Å²) in [6.45, 7) is 1.88. The van der Waals surface area contributed by atoms with Crippen LogP contribution in [0.25, 0.3) is 17.0 Å². The average molecular weight is 339 g/mol. The number of para-hydroxylation sites is 2. The first-order chi connectivity index (χ1) is 11.6. The predicted octanol–water partition coefficient (Wildman–Crippen LogP) is 3.59. The topological polar surface area (TPSA) is 66.5 Å². The molecule has 0 saturated heterocycles. The van der Waals surface area contributed by atoms with Crippen molar-refractivity contribution in [3.05, 3.63) is 80.7 Å². The Hall–Kier alpha value is -2.79.